The predicted molar refractivity (Wildman–Crippen MR) is 49.1 cm³/mol. The molecule has 3 nitrogen and oxygen atoms in total. The molecule has 0 fully saturated rings. The van der Waals surface area contributed by atoms with Gasteiger partial charge in [-0.2, -0.15) is 0 Å². The van der Waals surface area contributed by atoms with Crippen molar-refractivity contribution in [3.63, 3.8) is 0 Å². The molecule has 0 rings (SSSR count). The maximum Gasteiger partial charge on any atom is 0.366 e. The molecule has 1 atom stereocenters. The minimum absolute atomic E-state index is 0.407. The molecule has 0 aliphatic rings. The number of hydrogen-bond acceptors (Lipinski definition) is 2. The fraction of sp³-hybridized carbons (Fsp3) is 1.00. The Hall–Kier alpha value is 0.0200. The van der Waals surface area contributed by atoms with Crippen LogP contribution in [-0.2, 0) is 9.09 Å². The van der Waals surface area contributed by atoms with Gasteiger partial charge in [0.2, 0.25) is 0 Å². The second kappa shape index (κ2) is 7.66. The highest BCUT2D eigenvalue weighted by Gasteiger charge is 1.96. The van der Waals surface area contributed by atoms with E-state index in [2.05, 4.69) is 18.4 Å². The average molecular weight is 193 g/mol. The van der Waals surface area contributed by atoms with Crippen LogP contribution in [-0.4, -0.2) is 11.5 Å². The summed E-state index contributed by atoms with van der Waals surface area (Å²) in [5.74, 6) is 0.750. The van der Waals surface area contributed by atoms with Crippen molar-refractivity contribution in [1.82, 2.24) is 0 Å². The molecule has 0 aromatic rings. The van der Waals surface area contributed by atoms with Crippen LogP contribution < -0.4 is 0 Å². The zero-order valence-corrected chi connectivity index (χ0v) is 8.72. The molecule has 0 aromatic carbocycles. The monoisotopic (exact) mass is 193 g/mol. The van der Waals surface area contributed by atoms with Crippen LogP contribution >= 0.6 is 8.25 Å². The van der Waals surface area contributed by atoms with E-state index in [1.165, 1.54) is 12.8 Å². The summed E-state index contributed by atoms with van der Waals surface area (Å²) in [7, 11) is -2.38. The topological polar surface area (TPSA) is 46.5 Å². The van der Waals surface area contributed by atoms with Gasteiger partial charge >= 0.3 is 8.25 Å². The van der Waals surface area contributed by atoms with Crippen LogP contribution in [0.3, 0.4) is 0 Å². The molecule has 4 heteroatoms. The van der Waals surface area contributed by atoms with Crippen LogP contribution in [0.25, 0.3) is 0 Å². The lowest BCUT2D eigenvalue weighted by Crippen LogP contribution is -1.90. The summed E-state index contributed by atoms with van der Waals surface area (Å²) >= 11 is 0. The molecule has 0 aliphatic heterocycles. The van der Waals surface area contributed by atoms with Crippen LogP contribution in [0.15, 0.2) is 0 Å². The largest absolute Gasteiger partial charge is 0.366 e. The third kappa shape index (κ3) is 10.0. The Balaban J connectivity index is 2.96. The molecular weight excluding hydrogens is 175 g/mol. The second-order valence-electron chi connectivity index (χ2n) is 3.31. The molecule has 1 N–H and O–H groups in total. The maximum atomic E-state index is 10.1. The lowest BCUT2D eigenvalue weighted by Gasteiger charge is -2.03. The highest BCUT2D eigenvalue weighted by atomic mass is 31.1. The quantitative estimate of drug-likeness (QED) is 0.499. The van der Waals surface area contributed by atoms with Gasteiger partial charge in [0.05, 0.1) is 6.61 Å². The Labute approximate surface area is 75.1 Å². The van der Waals surface area contributed by atoms with Gasteiger partial charge in [-0.3, -0.25) is 9.42 Å². The number of rotatable bonds is 7. The molecule has 12 heavy (non-hydrogen) atoms. The van der Waals surface area contributed by atoms with E-state index in [-0.39, 0.29) is 0 Å². The standard InChI is InChI=1S/C8H18O3P/c1-8(2)6-4-3-5-7-11-12(9)10/h8H,3-7H2,1-2H3,(H,9,10). The van der Waals surface area contributed by atoms with E-state index in [0.717, 1.165) is 18.8 Å². The van der Waals surface area contributed by atoms with Gasteiger partial charge in [0.15, 0.2) is 0 Å². The Morgan fingerprint density at radius 3 is 2.50 bits per heavy atom. The zero-order valence-electron chi connectivity index (χ0n) is 7.82. The average Bonchev–Trinajstić information content (AvgIpc) is 1.95. The minimum atomic E-state index is -2.38. The van der Waals surface area contributed by atoms with Gasteiger partial charge in [-0.25, -0.2) is 4.57 Å². The van der Waals surface area contributed by atoms with Gasteiger partial charge in [0.25, 0.3) is 0 Å². The molecule has 0 heterocycles. The van der Waals surface area contributed by atoms with Crippen LogP contribution in [0.5, 0.6) is 0 Å². The van der Waals surface area contributed by atoms with Crippen molar-refractivity contribution < 1.29 is 14.0 Å². The van der Waals surface area contributed by atoms with Crippen LogP contribution in [0.1, 0.15) is 39.5 Å². The number of hydrogen-bond donors (Lipinski definition) is 1. The lowest BCUT2D eigenvalue weighted by atomic mass is 10.1. The molecule has 0 saturated carbocycles. The lowest BCUT2D eigenvalue weighted by molar-refractivity contribution is 0.272. The van der Waals surface area contributed by atoms with E-state index < -0.39 is 8.25 Å². The molecular formula is C8H18O3P. The van der Waals surface area contributed by atoms with E-state index >= 15 is 0 Å². The van der Waals surface area contributed by atoms with Gasteiger partial charge in [0.1, 0.15) is 0 Å². The first-order valence-corrected chi connectivity index (χ1v) is 5.55. The van der Waals surface area contributed by atoms with E-state index in [1.807, 2.05) is 0 Å². The molecule has 73 valence electrons. The molecule has 1 radical (unpaired) electrons. The summed E-state index contributed by atoms with van der Waals surface area (Å²) < 4.78 is 14.6. The summed E-state index contributed by atoms with van der Waals surface area (Å²) in [6.45, 7) is 4.80. The third-order valence-corrected chi connectivity index (χ3v) is 2.03. The van der Waals surface area contributed by atoms with Crippen LogP contribution in [0.2, 0.25) is 0 Å². The van der Waals surface area contributed by atoms with Gasteiger partial charge in [-0.1, -0.05) is 33.1 Å². The van der Waals surface area contributed by atoms with Crippen molar-refractivity contribution in [1.29, 1.82) is 0 Å². The predicted octanol–water partition coefficient (Wildman–Crippen LogP) is 2.87. The summed E-state index contributed by atoms with van der Waals surface area (Å²) in [5.41, 5.74) is 0. The van der Waals surface area contributed by atoms with Crippen molar-refractivity contribution in [2.45, 2.75) is 39.5 Å². The van der Waals surface area contributed by atoms with E-state index in [4.69, 9.17) is 4.89 Å². The molecule has 0 aliphatic carbocycles. The first kappa shape index (κ1) is 12.0. The highest BCUT2D eigenvalue weighted by Crippen LogP contribution is 2.15. The van der Waals surface area contributed by atoms with Gasteiger partial charge < -0.3 is 0 Å². The van der Waals surface area contributed by atoms with E-state index in [9.17, 15) is 4.57 Å². The number of unbranched alkanes of at least 4 members (excludes halogenated alkanes) is 2. The van der Waals surface area contributed by atoms with E-state index in [0.29, 0.717) is 6.61 Å². The van der Waals surface area contributed by atoms with Crippen molar-refractivity contribution in [2.24, 2.45) is 5.92 Å². The third-order valence-electron chi connectivity index (χ3n) is 1.63. The summed E-state index contributed by atoms with van der Waals surface area (Å²) in [4.78, 5) is 8.28. The second-order valence-corrected chi connectivity index (χ2v) is 4.05. The normalized spacial score (nSPS) is 12.2. The molecule has 0 amide bonds. The SMILES string of the molecule is CC(C)CCCCCO[P](=O)O. The van der Waals surface area contributed by atoms with Crippen molar-refractivity contribution in [2.75, 3.05) is 6.61 Å². The van der Waals surface area contributed by atoms with Crippen LogP contribution in [0, 0.1) is 5.92 Å². The van der Waals surface area contributed by atoms with Gasteiger partial charge in [-0.05, 0) is 12.3 Å². The van der Waals surface area contributed by atoms with Gasteiger partial charge in [-0.15, -0.1) is 0 Å². The van der Waals surface area contributed by atoms with Crippen LogP contribution in [0.4, 0.5) is 0 Å². The van der Waals surface area contributed by atoms with Crippen molar-refractivity contribution in [3.05, 3.63) is 0 Å². The van der Waals surface area contributed by atoms with Crippen molar-refractivity contribution >= 4 is 8.25 Å². The molecule has 1 unspecified atom stereocenters. The fourth-order valence-corrected chi connectivity index (χ4v) is 1.26. The Morgan fingerprint density at radius 2 is 2.00 bits per heavy atom. The Bertz CT molecular complexity index is 125. The maximum absolute atomic E-state index is 10.1. The molecule has 0 aromatic heterocycles. The minimum Gasteiger partial charge on any atom is -0.298 e. The smallest absolute Gasteiger partial charge is 0.298 e. The molecule has 0 bridgehead atoms. The summed E-state index contributed by atoms with van der Waals surface area (Å²) in [5, 5.41) is 0. The summed E-state index contributed by atoms with van der Waals surface area (Å²) in [6, 6.07) is 0. The Morgan fingerprint density at radius 1 is 1.33 bits per heavy atom. The first-order chi connectivity index (χ1) is 5.63. The fourth-order valence-electron chi connectivity index (χ4n) is 0.974. The van der Waals surface area contributed by atoms with Gasteiger partial charge in [0, 0.05) is 0 Å². The van der Waals surface area contributed by atoms with E-state index in [1.54, 1.807) is 0 Å². The molecule has 0 saturated heterocycles. The summed E-state index contributed by atoms with van der Waals surface area (Å²) in [6.07, 6.45) is 4.38. The zero-order chi connectivity index (χ0) is 9.40. The Kier molecular flexibility index (Phi) is 7.67. The van der Waals surface area contributed by atoms with Crippen molar-refractivity contribution in [3.8, 4) is 0 Å². The first-order valence-electron chi connectivity index (χ1n) is 4.42. The molecule has 0 spiro atoms. The highest BCUT2D eigenvalue weighted by molar-refractivity contribution is 7.32.